The molecule has 0 aliphatic carbocycles. The third kappa shape index (κ3) is 1.98. The minimum absolute atomic E-state index is 0.300. The fourth-order valence-corrected chi connectivity index (χ4v) is 1.63. The van der Waals surface area contributed by atoms with Crippen LogP contribution in [0.1, 0.15) is 19.8 Å². The van der Waals surface area contributed by atoms with Crippen LogP contribution in [0.4, 0.5) is 0 Å². The van der Waals surface area contributed by atoms with Gasteiger partial charge >= 0.3 is 5.97 Å². The molecule has 0 spiro atoms. The molecule has 1 rings (SSSR count). The molecule has 0 radical (unpaired) electrons. The van der Waals surface area contributed by atoms with E-state index in [0.29, 0.717) is 19.4 Å². The fourth-order valence-electron chi connectivity index (χ4n) is 1.63. The number of piperidine rings is 1. The summed E-state index contributed by atoms with van der Waals surface area (Å²) in [6, 6.07) is -1.06. The maximum atomic E-state index is 11.0. The molecule has 5 heteroatoms. The maximum absolute atomic E-state index is 11.0. The van der Waals surface area contributed by atoms with Crippen molar-refractivity contribution in [2.45, 2.75) is 31.9 Å². The molecule has 0 aromatic carbocycles. The van der Waals surface area contributed by atoms with Crippen molar-refractivity contribution < 1.29 is 19.8 Å². The van der Waals surface area contributed by atoms with E-state index in [-0.39, 0.29) is 5.91 Å². The zero-order valence-electron chi connectivity index (χ0n) is 7.43. The molecule has 1 saturated heterocycles. The third-order valence-electron chi connectivity index (χ3n) is 2.26. The molecule has 0 bridgehead atoms. The van der Waals surface area contributed by atoms with Gasteiger partial charge in [0.15, 0.2) is 6.04 Å². The Kier molecular flexibility index (Phi) is 2.87. The number of amides is 1. The number of aliphatic hydroxyl groups is 1. The van der Waals surface area contributed by atoms with E-state index in [4.69, 9.17) is 5.11 Å². The lowest BCUT2D eigenvalue weighted by molar-refractivity contribution is -0.157. The van der Waals surface area contributed by atoms with Crippen molar-refractivity contribution in [2.24, 2.45) is 0 Å². The van der Waals surface area contributed by atoms with E-state index in [1.54, 1.807) is 0 Å². The summed E-state index contributed by atoms with van der Waals surface area (Å²) in [6.45, 7) is 1.73. The largest absolute Gasteiger partial charge is 0.480 e. The molecule has 5 nitrogen and oxygen atoms in total. The number of carboxylic acid groups (broad SMARTS) is 1. The lowest BCUT2D eigenvalue weighted by atomic mass is 9.99. The highest BCUT2D eigenvalue weighted by Gasteiger charge is 2.36. The van der Waals surface area contributed by atoms with Crippen LogP contribution in [-0.4, -0.2) is 45.7 Å². The van der Waals surface area contributed by atoms with Crippen LogP contribution in [0.2, 0.25) is 0 Å². The van der Waals surface area contributed by atoms with E-state index >= 15 is 0 Å². The van der Waals surface area contributed by atoms with Crippen LogP contribution in [0.15, 0.2) is 0 Å². The Hall–Kier alpha value is -1.10. The van der Waals surface area contributed by atoms with Crippen LogP contribution >= 0.6 is 0 Å². The summed E-state index contributed by atoms with van der Waals surface area (Å²) in [5.41, 5.74) is 0. The molecule has 1 aliphatic heterocycles. The second-order valence-electron chi connectivity index (χ2n) is 3.21. The molecule has 1 heterocycles. The van der Waals surface area contributed by atoms with E-state index in [9.17, 15) is 14.7 Å². The average molecular weight is 187 g/mol. The summed E-state index contributed by atoms with van der Waals surface area (Å²) in [5, 5.41) is 18.2. The zero-order chi connectivity index (χ0) is 10.0. The maximum Gasteiger partial charge on any atom is 0.329 e. The Morgan fingerprint density at radius 1 is 1.46 bits per heavy atom. The first-order valence-electron chi connectivity index (χ1n) is 4.22. The van der Waals surface area contributed by atoms with E-state index in [1.165, 1.54) is 11.8 Å². The van der Waals surface area contributed by atoms with Crippen molar-refractivity contribution in [2.75, 3.05) is 6.54 Å². The van der Waals surface area contributed by atoms with Crippen molar-refractivity contribution in [1.82, 2.24) is 4.90 Å². The zero-order valence-corrected chi connectivity index (χ0v) is 7.43. The summed E-state index contributed by atoms with van der Waals surface area (Å²) in [5.74, 6) is -1.44. The van der Waals surface area contributed by atoms with Crippen LogP contribution in [0.5, 0.6) is 0 Å². The molecular weight excluding hydrogens is 174 g/mol. The molecule has 0 aromatic rings. The molecule has 74 valence electrons. The number of likely N-dealkylation sites (tertiary alicyclic amines) is 1. The van der Waals surface area contributed by atoms with Crippen molar-refractivity contribution in [1.29, 1.82) is 0 Å². The second-order valence-corrected chi connectivity index (χ2v) is 3.21. The van der Waals surface area contributed by atoms with Crippen molar-refractivity contribution in [3.05, 3.63) is 0 Å². The van der Waals surface area contributed by atoms with Gasteiger partial charge in [0, 0.05) is 13.5 Å². The molecule has 1 fully saturated rings. The Balaban J connectivity index is 2.80. The van der Waals surface area contributed by atoms with Crippen molar-refractivity contribution in [3.63, 3.8) is 0 Å². The van der Waals surface area contributed by atoms with Gasteiger partial charge in [-0.25, -0.2) is 4.79 Å². The van der Waals surface area contributed by atoms with E-state index in [1.807, 2.05) is 0 Å². The van der Waals surface area contributed by atoms with Gasteiger partial charge in [-0.05, 0) is 12.8 Å². The predicted molar refractivity (Wildman–Crippen MR) is 44.1 cm³/mol. The average Bonchev–Trinajstić information content (AvgIpc) is 2.02. The van der Waals surface area contributed by atoms with Crippen molar-refractivity contribution >= 4 is 11.9 Å². The van der Waals surface area contributed by atoms with E-state index < -0.39 is 18.1 Å². The molecule has 1 amide bonds. The standard InChI is InChI=1S/C8H13NO4/c1-5(10)9-4-2-3-6(11)7(9)8(12)13/h6-7,11H,2-4H2,1H3,(H,12,13)/t6-,7+/m1/s1. The van der Waals surface area contributed by atoms with Gasteiger partial charge in [0.1, 0.15) is 0 Å². The number of nitrogens with zero attached hydrogens (tertiary/aromatic N) is 1. The first-order chi connectivity index (χ1) is 6.04. The molecule has 0 unspecified atom stereocenters. The summed E-state index contributed by atoms with van der Waals surface area (Å²) in [6.07, 6.45) is 0.167. The molecule has 1 aliphatic rings. The highest BCUT2D eigenvalue weighted by Crippen LogP contribution is 2.17. The van der Waals surface area contributed by atoms with Crippen LogP contribution in [-0.2, 0) is 9.59 Å². The van der Waals surface area contributed by atoms with E-state index in [2.05, 4.69) is 0 Å². The number of carbonyl (C=O) groups excluding carboxylic acids is 1. The second kappa shape index (κ2) is 3.74. The molecule has 2 atom stereocenters. The quantitative estimate of drug-likeness (QED) is 0.577. The van der Waals surface area contributed by atoms with Crippen LogP contribution in [0, 0.1) is 0 Å². The van der Waals surface area contributed by atoms with Gasteiger partial charge in [0.25, 0.3) is 0 Å². The van der Waals surface area contributed by atoms with Crippen molar-refractivity contribution in [3.8, 4) is 0 Å². The minimum atomic E-state index is -1.14. The number of carbonyl (C=O) groups is 2. The third-order valence-corrected chi connectivity index (χ3v) is 2.26. The first-order valence-corrected chi connectivity index (χ1v) is 4.22. The highest BCUT2D eigenvalue weighted by molar-refractivity contribution is 5.83. The predicted octanol–water partition coefficient (Wildman–Crippen LogP) is -0.557. The van der Waals surface area contributed by atoms with Crippen LogP contribution < -0.4 is 0 Å². The summed E-state index contributed by atoms with van der Waals surface area (Å²) < 4.78 is 0. The number of carboxylic acids is 1. The van der Waals surface area contributed by atoms with Gasteiger partial charge in [-0.2, -0.15) is 0 Å². The Morgan fingerprint density at radius 2 is 2.08 bits per heavy atom. The summed E-state index contributed by atoms with van der Waals surface area (Å²) in [4.78, 5) is 22.9. The Labute approximate surface area is 76.0 Å². The molecular formula is C8H13NO4. The number of hydrogen-bond donors (Lipinski definition) is 2. The topological polar surface area (TPSA) is 77.8 Å². The van der Waals surface area contributed by atoms with E-state index in [0.717, 1.165) is 0 Å². The van der Waals surface area contributed by atoms with Gasteiger partial charge in [0.2, 0.25) is 5.91 Å². The number of aliphatic carboxylic acids is 1. The van der Waals surface area contributed by atoms with Gasteiger partial charge in [-0.1, -0.05) is 0 Å². The monoisotopic (exact) mass is 187 g/mol. The molecule has 2 N–H and O–H groups in total. The fraction of sp³-hybridized carbons (Fsp3) is 0.750. The van der Waals surface area contributed by atoms with Gasteiger partial charge in [0.05, 0.1) is 6.10 Å². The van der Waals surface area contributed by atoms with Gasteiger partial charge in [-0.3, -0.25) is 4.79 Å². The smallest absolute Gasteiger partial charge is 0.329 e. The summed E-state index contributed by atoms with van der Waals surface area (Å²) >= 11 is 0. The Morgan fingerprint density at radius 3 is 2.46 bits per heavy atom. The molecule has 0 aromatic heterocycles. The summed E-state index contributed by atoms with van der Waals surface area (Å²) in [7, 11) is 0. The lowest BCUT2D eigenvalue weighted by Crippen LogP contribution is -2.54. The normalized spacial score (nSPS) is 28.6. The Bertz CT molecular complexity index is 228. The van der Waals surface area contributed by atoms with Gasteiger partial charge in [-0.15, -0.1) is 0 Å². The van der Waals surface area contributed by atoms with Crippen LogP contribution in [0.25, 0.3) is 0 Å². The molecule has 13 heavy (non-hydrogen) atoms. The molecule has 0 saturated carbocycles. The highest BCUT2D eigenvalue weighted by atomic mass is 16.4. The number of hydrogen-bond acceptors (Lipinski definition) is 3. The number of aliphatic hydroxyl groups excluding tert-OH is 1. The number of rotatable bonds is 1. The SMILES string of the molecule is CC(=O)N1CCC[C@@H](O)[C@H]1C(=O)O. The van der Waals surface area contributed by atoms with Gasteiger partial charge < -0.3 is 15.1 Å². The lowest BCUT2D eigenvalue weighted by Gasteiger charge is -2.35. The van der Waals surface area contributed by atoms with Crippen LogP contribution in [0.3, 0.4) is 0 Å². The minimum Gasteiger partial charge on any atom is -0.480 e. The first kappa shape index (κ1) is 9.98.